The van der Waals surface area contributed by atoms with Gasteiger partial charge in [0.25, 0.3) is 5.91 Å². The van der Waals surface area contributed by atoms with Crippen molar-refractivity contribution in [3.05, 3.63) is 29.8 Å². The van der Waals surface area contributed by atoms with Gasteiger partial charge < -0.3 is 10.2 Å². The van der Waals surface area contributed by atoms with Crippen LogP contribution in [0.15, 0.2) is 29.2 Å². The Kier molecular flexibility index (Phi) is 6.78. The minimum atomic E-state index is -1.01. The second kappa shape index (κ2) is 8.60. The van der Waals surface area contributed by atoms with Gasteiger partial charge in [-0.2, -0.15) is 0 Å². The second-order valence-corrected chi connectivity index (χ2v) is 8.66. The van der Waals surface area contributed by atoms with Crippen LogP contribution in [0.5, 0.6) is 0 Å². The van der Waals surface area contributed by atoms with Gasteiger partial charge >= 0.3 is 0 Å². The van der Waals surface area contributed by atoms with Crippen LogP contribution in [0, 0.1) is 5.92 Å². The van der Waals surface area contributed by atoms with E-state index in [0.29, 0.717) is 12.1 Å². The summed E-state index contributed by atoms with van der Waals surface area (Å²) in [5, 5.41) is 3.06. The maximum Gasteiger partial charge on any atom is 0.251 e. The molecular weight excluding hydrogens is 308 g/mol. The normalized spacial score (nSPS) is 18.1. The molecule has 0 radical (unpaired) electrons. The van der Waals surface area contributed by atoms with Crippen LogP contribution < -0.4 is 5.32 Å². The Labute approximate surface area is 142 Å². The third-order valence-corrected chi connectivity index (χ3v) is 5.96. The van der Waals surface area contributed by atoms with E-state index < -0.39 is 10.8 Å². The molecule has 5 heteroatoms. The van der Waals surface area contributed by atoms with E-state index >= 15 is 0 Å². The summed E-state index contributed by atoms with van der Waals surface area (Å²) in [4.78, 5) is 15.3. The Hall–Kier alpha value is -1.20. The minimum Gasteiger partial charge on any atom is -0.351 e. The number of benzene rings is 1. The summed E-state index contributed by atoms with van der Waals surface area (Å²) < 4.78 is 12.0. The standard InChI is InChI=1S/C18H28N2O2S/c1-14(2)23(22)17-6-4-16(5-7-17)18(21)19-10-13-20-11-8-15(3)9-12-20/h4-7,14-15H,8-13H2,1-3H3,(H,19,21). The molecule has 1 aromatic rings. The maximum absolute atomic E-state index is 12.1. The van der Waals surface area contributed by atoms with Crippen molar-refractivity contribution >= 4 is 16.7 Å². The van der Waals surface area contributed by atoms with Crippen LogP contribution in [0.2, 0.25) is 0 Å². The first-order valence-corrected chi connectivity index (χ1v) is 9.70. The smallest absolute Gasteiger partial charge is 0.251 e. The highest BCUT2D eigenvalue weighted by atomic mass is 32.2. The second-order valence-electron chi connectivity index (χ2n) is 6.65. The molecule has 4 nitrogen and oxygen atoms in total. The molecule has 0 bridgehead atoms. The number of hydrogen-bond donors (Lipinski definition) is 1. The number of nitrogens with one attached hydrogen (secondary N) is 1. The number of rotatable bonds is 6. The minimum absolute atomic E-state index is 0.0581. The van der Waals surface area contributed by atoms with Gasteiger partial charge in [-0.05, 0) is 56.1 Å². The lowest BCUT2D eigenvalue weighted by Gasteiger charge is -2.30. The van der Waals surface area contributed by atoms with Gasteiger partial charge in [0, 0.05) is 28.8 Å². The molecule has 1 saturated heterocycles. The van der Waals surface area contributed by atoms with Crippen molar-refractivity contribution in [2.75, 3.05) is 26.2 Å². The van der Waals surface area contributed by atoms with Gasteiger partial charge in [-0.25, -0.2) is 0 Å². The van der Waals surface area contributed by atoms with E-state index in [1.807, 2.05) is 13.8 Å². The molecule has 23 heavy (non-hydrogen) atoms. The maximum atomic E-state index is 12.1. The number of hydrogen-bond acceptors (Lipinski definition) is 3. The lowest BCUT2D eigenvalue weighted by Crippen LogP contribution is -2.39. The van der Waals surface area contributed by atoms with Crippen molar-refractivity contribution < 1.29 is 9.00 Å². The van der Waals surface area contributed by atoms with E-state index in [1.54, 1.807) is 24.3 Å². The van der Waals surface area contributed by atoms with Crippen LogP contribution in [-0.2, 0) is 10.8 Å². The van der Waals surface area contributed by atoms with Crippen LogP contribution in [0.1, 0.15) is 44.0 Å². The van der Waals surface area contributed by atoms with E-state index in [4.69, 9.17) is 0 Å². The van der Waals surface area contributed by atoms with Gasteiger partial charge in [-0.15, -0.1) is 0 Å². The number of likely N-dealkylation sites (tertiary alicyclic amines) is 1. The summed E-state index contributed by atoms with van der Waals surface area (Å²) >= 11 is 0. The number of amides is 1. The first-order valence-electron chi connectivity index (χ1n) is 8.48. The van der Waals surface area contributed by atoms with E-state index in [9.17, 15) is 9.00 Å². The molecule has 1 unspecified atom stereocenters. The topological polar surface area (TPSA) is 49.4 Å². The van der Waals surface area contributed by atoms with Gasteiger partial charge in [0.2, 0.25) is 0 Å². The molecule has 0 aliphatic carbocycles. The highest BCUT2D eigenvalue weighted by molar-refractivity contribution is 7.85. The van der Waals surface area contributed by atoms with Gasteiger partial charge in [0.15, 0.2) is 0 Å². The zero-order chi connectivity index (χ0) is 16.8. The highest BCUT2D eigenvalue weighted by Gasteiger charge is 2.15. The van der Waals surface area contributed by atoms with Crippen LogP contribution in [0.25, 0.3) is 0 Å². The first-order chi connectivity index (χ1) is 11.0. The Balaban J connectivity index is 1.78. The van der Waals surface area contributed by atoms with E-state index in [-0.39, 0.29) is 11.2 Å². The highest BCUT2D eigenvalue weighted by Crippen LogP contribution is 2.15. The lowest BCUT2D eigenvalue weighted by molar-refractivity contribution is 0.0944. The fourth-order valence-electron chi connectivity index (χ4n) is 2.73. The van der Waals surface area contributed by atoms with Crippen LogP contribution in [-0.4, -0.2) is 46.4 Å². The van der Waals surface area contributed by atoms with Gasteiger partial charge in [-0.3, -0.25) is 9.00 Å². The van der Waals surface area contributed by atoms with Crippen molar-refractivity contribution in [2.24, 2.45) is 5.92 Å². The molecule has 1 fully saturated rings. The largest absolute Gasteiger partial charge is 0.351 e. The predicted octanol–water partition coefficient (Wildman–Crippen LogP) is 2.66. The Bertz CT molecular complexity index is 534. The van der Waals surface area contributed by atoms with E-state index in [1.165, 1.54) is 12.8 Å². The summed E-state index contributed by atoms with van der Waals surface area (Å²) in [5.74, 6) is 0.771. The Morgan fingerprint density at radius 2 is 1.87 bits per heavy atom. The third kappa shape index (κ3) is 5.43. The predicted molar refractivity (Wildman–Crippen MR) is 95.2 cm³/mol. The number of carbonyl (C=O) groups is 1. The molecule has 1 atom stereocenters. The quantitative estimate of drug-likeness (QED) is 0.869. The fraction of sp³-hybridized carbons (Fsp3) is 0.611. The molecule has 1 heterocycles. The third-order valence-electron chi connectivity index (χ3n) is 4.37. The molecule has 1 aliphatic rings. The van der Waals surface area contributed by atoms with Gasteiger partial charge in [-0.1, -0.05) is 20.8 Å². The first kappa shape index (κ1) is 18.1. The molecule has 128 valence electrons. The molecule has 0 spiro atoms. The van der Waals surface area contributed by atoms with Crippen LogP contribution in [0.4, 0.5) is 0 Å². The zero-order valence-corrected chi connectivity index (χ0v) is 15.2. The molecule has 0 saturated carbocycles. The van der Waals surface area contributed by atoms with Crippen molar-refractivity contribution in [2.45, 2.75) is 43.8 Å². The average molecular weight is 337 g/mol. The van der Waals surface area contributed by atoms with Crippen molar-refractivity contribution in [3.63, 3.8) is 0 Å². The number of piperidine rings is 1. The van der Waals surface area contributed by atoms with Crippen molar-refractivity contribution in [1.29, 1.82) is 0 Å². The fourth-order valence-corrected chi connectivity index (χ4v) is 3.68. The molecule has 1 aliphatic heterocycles. The van der Waals surface area contributed by atoms with E-state index in [2.05, 4.69) is 17.1 Å². The number of carbonyl (C=O) groups excluding carboxylic acids is 1. The molecule has 1 amide bonds. The Morgan fingerprint density at radius 1 is 1.26 bits per heavy atom. The SMILES string of the molecule is CC1CCN(CCNC(=O)c2ccc(S(=O)C(C)C)cc2)CC1. The number of nitrogens with zero attached hydrogens (tertiary/aromatic N) is 1. The Morgan fingerprint density at radius 3 is 2.43 bits per heavy atom. The van der Waals surface area contributed by atoms with Crippen molar-refractivity contribution in [3.8, 4) is 0 Å². The summed E-state index contributed by atoms with van der Waals surface area (Å²) in [6.07, 6.45) is 2.50. The monoisotopic (exact) mass is 336 g/mol. The molecule has 1 aromatic carbocycles. The summed E-state index contributed by atoms with van der Waals surface area (Å²) in [7, 11) is -1.01. The van der Waals surface area contributed by atoms with Crippen LogP contribution >= 0.6 is 0 Å². The molecule has 1 N–H and O–H groups in total. The summed E-state index contributed by atoms with van der Waals surface area (Å²) in [6.45, 7) is 10.0. The van der Waals surface area contributed by atoms with Gasteiger partial charge in [0.1, 0.15) is 0 Å². The zero-order valence-electron chi connectivity index (χ0n) is 14.4. The molecule has 0 aromatic heterocycles. The van der Waals surface area contributed by atoms with Gasteiger partial charge in [0.05, 0.1) is 10.8 Å². The lowest BCUT2D eigenvalue weighted by atomic mass is 9.99. The van der Waals surface area contributed by atoms with E-state index in [0.717, 1.165) is 30.4 Å². The summed E-state index contributed by atoms with van der Waals surface area (Å²) in [6, 6.07) is 7.09. The summed E-state index contributed by atoms with van der Waals surface area (Å²) in [5.41, 5.74) is 0.627. The molecule has 2 rings (SSSR count). The molecular formula is C18H28N2O2S. The van der Waals surface area contributed by atoms with Crippen LogP contribution in [0.3, 0.4) is 0 Å². The van der Waals surface area contributed by atoms with Crippen molar-refractivity contribution in [1.82, 2.24) is 10.2 Å². The average Bonchev–Trinajstić information content (AvgIpc) is 2.56.